The SMILES string of the molecule is C=CCN(CCC)S(=O)(=O)c1ccc(CO)s1. The quantitative estimate of drug-likeness (QED) is 0.772. The molecule has 0 unspecified atom stereocenters. The molecule has 0 aliphatic heterocycles. The van der Waals surface area contributed by atoms with E-state index < -0.39 is 10.0 Å². The van der Waals surface area contributed by atoms with E-state index in [1.807, 2.05) is 6.92 Å². The average Bonchev–Trinajstić information content (AvgIpc) is 2.78. The van der Waals surface area contributed by atoms with Gasteiger partial charge in [0.25, 0.3) is 10.0 Å². The number of hydrogen-bond donors (Lipinski definition) is 1. The van der Waals surface area contributed by atoms with Gasteiger partial charge in [-0.15, -0.1) is 17.9 Å². The van der Waals surface area contributed by atoms with E-state index in [1.165, 1.54) is 10.4 Å². The Morgan fingerprint density at radius 3 is 2.71 bits per heavy atom. The van der Waals surface area contributed by atoms with E-state index in [0.717, 1.165) is 17.8 Å². The summed E-state index contributed by atoms with van der Waals surface area (Å²) in [5, 5.41) is 8.95. The minimum Gasteiger partial charge on any atom is -0.391 e. The first-order valence-corrected chi connectivity index (χ1v) is 7.62. The van der Waals surface area contributed by atoms with E-state index in [4.69, 9.17) is 5.11 Å². The molecule has 1 heterocycles. The third kappa shape index (κ3) is 3.38. The van der Waals surface area contributed by atoms with Crippen LogP contribution in [0.4, 0.5) is 0 Å². The van der Waals surface area contributed by atoms with E-state index in [1.54, 1.807) is 12.1 Å². The van der Waals surface area contributed by atoms with Gasteiger partial charge in [-0.05, 0) is 18.6 Å². The Hall–Kier alpha value is -0.690. The first kappa shape index (κ1) is 14.4. The summed E-state index contributed by atoms with van der Waals surface area (Å²) in [6.07, 6.45) is 2.33. The van der Waals surface area contributed by atoms with Gasteiger partial charge in [0.1, 0.15) is 4.21 Å². The molecule has 1 N–H and O–H groups in total. The number of sulfonamides is 1. The zero-order chi connectivity index (χ0) is 12.9. The molecule has 17 heavy (non-hydrogen) atoms. The molecule has 0 saturated carbocycles. The third-order valence-electron chi connectivity index (χ3n) is 2.19. The van der Waals surface area contributed by atoms with Crippen LogP contribution in [0.5, 0.6) is 0 Å². The first-order chi connectivity index (χ1) is 8.06. The maximum absolute atomic E-state index is 12.2. The Morgan fingerprint density at radius 1 is 1.53 bits per heavy atom. The maximum atomic E-state index is 12.2. The van der Waals surface area contributed by atoms with Crippen LogP contribution in [0.1, 0.15) is 18.2 Å². The summed E-state index contributed by atoms with van der Waals surface area (Å²) < 4.78 is 26.2. The molecule has 0 spiro atoms. The molecule has 0 atom stereocenters. The van der Waals surface area contributed by atoms with E-state index >= 15 is 0 Å². The lowest BCUT2D eigenvalue weighted by atomic mass is 10.5. The average molecular weight is 275 g/mol. The van der Waals surface area contributed by atoms with Crippen molar-refractivity contribution in [3.8, 4) is 0 Å². The number of aliphatic hydroxyl groups excluding tert-OH is 1. The zero-order valence-electron chi connectivity index (χ0n) is 9.80. The Morgan fingerprint density at radius 2 is 2.24 bits per heavy atom. The predicted molar refractivity (Wildman–Crippen MR) is 69.5 cm³/mol. The molecule has 4 nitrogen and oxygen atoms in total. The molecule has 0 bridgehead atoms. The van der Waals surface area contributed by atoms with E-state index in [-0.39, 0.29) is 10.8 Å². The fourth-order valence-electron chi connectivity index (χ4n) is 1.41. The monoisotopic (exact) mass is 275 g/mol. The molecule has 0 aliphatic carbocycles. The van der Waals surface area contributed by atoms with Crippen molar-refractivity contribution in [2.45, 2.75) is 24.2 Å². The van der Waals surface area contributed by atoms with Crippen molar-refractivity contribution in [1.29, 1.82) is 0 Å². The molecular formula is C11H17NO3S2. The highest BCUT2D eigenvalue weighted by molar-refractivity contribution is 7.91. The minimum atomic E-state index is -3.45. The highest BCUT2D eigenvalue weighted by Gasteiger charge is 2.24. The molecule has 0 amide bonds. The van der Waals surface area contributed by atoms with Crippen LogP contribution in [0.25, 0.3) is 0 Å². The summed E-state index contributed by atoms with van der Waals surface area (Å²) in [4.78, 5) is 0.652. The van der Waals surface area contributed by atoms with Crippen molar-refractivity contribution in [2.75, 3.05) is 13.1 Å². The Kier molecular flexibility index (Phi) is 5.32. The minimum absolute atomic E-state index is 0.130. The lowest BCUT2D eigenvalue weighted by Gasteiger charge is -2.18. The summed E-state index contributed by atoms with van der Waals surface area (Å²) >= 11 is 1.11. The van der Waals surface area contributed by atoms with Crippen molar-refractivity contribution in [2.24, 2.45) is 0 Å². The number of hydrogen-bond acceptors (Lipinski definition) is 4. The number of thiophene rings is 1. The topological polar surface area (TPSA) is 57.6 Å². The van der Waals surface area contributed by atoms with Crippen LogP contribution in [-0.4, -0.2) is 30.9 Å². The van der Waals surface area contributed by atoms with Gasteiger partial charge >= 0.3 is 0 Å². The molecule has 0 aliphatic rings. The lowest BCUT2D eigenvalue weighted by Crippen LogP contribution is -2.31. The molecule has 0 fully saturated rings. The Balaban J connectivity index is 3.02. The molecule has 1 rings (SSSR count). The summed E-state index contributed by atoms with van der Waals surface area (Å²) in [5.41, 5.74) is 0. The van der Waals surface area contributed by atoms with E-state index in [2.05, 4.69) is 6.58 Å². The van der Waals surface area contributed by atoms with Crippen LogP contribution in [0.3, 0.4) is 0 Å². The first-order valence-electron chi connectivity index (χ1n) is 5.36. The zero-order valence-corrected chi connectivity index (χ0v) is 11.4. The maximum Gasteiger partial charge on any atom is 0.252 e. The van der Waals surface area contributed by atoms with Crippen LogP contribution >= 0.6 is 11.3 Å². The number of nitrogens with zero attached hydrogens (tertiary/aromatic N) is 1. The molecule has 96 valence electrons. The highest BCUT2D eigenvalue weighted by atomic mass is 32.2. The number of rotatable bonds is 7. The van der Waals surface area contributed by atoms with Gasteiger partial charge in [-0.2, -0.15) is 4.31 Å². The Labute approximate surface area is 106 Å². The second-order valence-electron chi connectivity index (χ2n) is 3.53. The van der Waals surface area contributed by atoms with Crippen molar-refractivity contribution in [3.05, 3.63) is 29.7 Å². The fourth-order valence-corrected chi connectivity index (χ4v) is 4.28. The second-order valence-corrected chi connectivity index (χ2v) is 6.86. The van der Waals surface area contributed by atoms with Gasteiger partial charge in [0.2, 0.25) is 0 Å². The van der Waals surface area contributed by atoms with Crippen molar-refractivity contribution in [1.82, 2.24) is 4.31 Å². The standard InChI is InChI=1S/C11H17NO3S2/c1-3-7-12(8-4-2)17(14,15)11-6-5-10(9-13)16-11/h3,5-6,13H,1,4,7-9H2,2H3. The predicted octanol–water partition coefficient (Wildman–Crippen LogP) is 1.83. The number of aliphatic hydroxyl groups is 1. The van der Waals surface area contributed by atoms with Crippen molar-refractivity contribution < 1.29 is 13.5 Å². The summed E-state index contributed by atoms with van der Waals surface area (Å²) in [7, 11) is -3.45. The van der Waals surface area contributed by atoms with Gasteiger partial charge in [-0.3, -0.25) is 0 Å². The largest absolute Gasteiger partial charge is 0.391 e. The normalized spacial score (nSPS) is 11.9. The molecule has 1 aromatic rings. The molecule has 1 aromatic heterocycles. The van der Waals surface area contributed by atoms with Gasteiger partial charge in [-0.1, -0.05) is 13.0 Å². The molecule has 6 heteroatoms. The van der Waals surface area contributed by atoms with E-state index in [0.29, 0.717) is 18.0 Å². The molecular weight excluding hydrogens is 258 g/mol. The van der Waals surface area contributed by atoms with Gasteiger partial charge in [0.05, 0.1) is 6.61 Å². The van der Waals surface area contributed by atoms with Gasteiger partial charge in [-0.25, -0.2) is 8.42 Å². The van der Waals surface area contributed by atoms with Crippen LogP contribution in [0, 0.1) is 0 Å². The summed E-state index contributed by atoms with van der Waals surface area (Å²) in [6, 6.07) is 3.17. The Bertz CT molecular complexity index is 465. The van der Waals surface area contributed by atoms with Crippen LogP contribution < -0.4 is 0 Å². The molecule has 0 aromatic carbocycles. The molecule has 0 saturated heterocycles. The van der Waals surface area contributed by atoms with Crippen molar-refractivity contribution >= 4 is 21.4 Å². The fraction of sp³-hybridized carbons (Fsp3) is 0.455. The van der Waals surface area contributed by atoms with Crippen LogP contribution in [0.15, 0.2) is 29.0 Å². The second kappa shape index (κ2) is 6.30. The summed E-state index contributed by atoms with van der Waals surface area (Å²) in [5.74, 6) is 0. The van der Waals surface area contributed by atoms with Crippen molar-refractivity contribution in [3.63, 3.8) is 0 Å². The highest BCUT2D eigenvalue weighted by Crippen LogP contribution is 2.25. The summed E-state index contributed by atoms with van der Waals surface area (Å²) in [6.45, 7) is 6.15. The van der Waals surface area contributed by atoms with Gasteiger partial charge < -0.3 is 5.11 Å². The van der Waals surface area contributed by atoms with Crippen LogP contribution in [-0.2, 0) is 16.6 Å². The van der Waals surface area contributed by atoms with Gasteiger partial charge in [0, 0.05) is 18.0 Å². The molecule has 0 radical (unpaired) electrons. The smallest absolute Gasteiger partial charge is 0.252 e. The van der Waals surface area contributed by atoms with Gasteiger partial charge in [0.15, 0.2) is 0 Å². The van der Waals surface area contributed by atoms with E-state index in [9.17, 15) is 8.42 Å². The lowest BCUT2D eigenvalue weighted by molar-refractivity contribution is 0.285. The van der Waals surface area contributed by atoms with Crippen LogP contribution in [0.2, 0.25) is 0 Å². The third-order valence-corrected chi connectivity index (χ3v) is 5.60.